The average molecular weight is 437 g/mol. The van der Waals surface area contributed by atoms with Gasteiger partial charge in [-0.1, -0.05) is 48.0 Å². The summed E-state index contributed by atoms with van der Waals surface area (Å²) in [6.07, 6.45) is 4.44. The number of rotatable bonds is 7. The van der Waals surface area contributed by atoms with Crippen LogP contribution >= 0.6 is 11.6 Å². The Bertz CT molecular complexity index is 1140. The summed E-state index contributed by atoms with van der Waals surface area (Å²) in [5.74, 6) is 1.33. The van der Waals surface area contributed by atoms with Crippen LogP contribution in [0.1, 0.15) is 46.9 Å². The summed E-state index contributed by atoms with van der Waals surface area (Å²) in [4.78, 5) is 11.4. The second-order valence-corrected chi connectivity index (χ2v) is 8.60. The van der Waals surface area contributed by atoms with E-state index in [9.17, 15) is 9.18 Å². The predicted molar refractivity (Wildman–Crippen MR) is 119 cm³/mol. The minimum Gasteiger partial charge on any atom is -0.492 e. The zero-order valence-corrected chi connectivity index (χ0v) is 17.7. The van der Waals surface area contributed by atoms with Crippen molar-refractivity contribution in [2.75, 3.05) is 6.61 Å². The van der Waals surface area contributed by atoms with Crippen LogP contribution in [-0.4, -0.2) is 12.9 Å². The van der Waals surface area contributed by atoms with Crippen LogP contribution in [0.25, 0.3) is 11.1 Å². The quantitative estimate of drug-likeness (QED) is 0.381. The third-order valence-electron chi connectivity index (χ3n) is 6.01. The largest absolute Gasteiger partial charge is 0.492 e. The van der Waals surface area contributed by atoms with Gasteiger partial charge in [-0.05, 0) is 60.4 Å². The molecule has 31 heavy (non-hydrogen) atoms. The number of hydrogen-bond acceptors (Lipinski definition) is 3. The van der Waals surface area contributed by atoms with Gasteiger partial charge in [0.1, 0.15) is 23.4 Å². The number of benzene rings is 3. The fraction of sp³-hybridized carbons (Fsp3) is 0.269. The number of halogens is 2. The van der Waals surface area contributed by atoms with Crippen LogP contribution in [0.2, 0.25) is 5.02 Å². The van der Waals surface area contributed by atoms with Gasteiger partial charge in [0.05, 0.1) is 17.2 Å². The third-order valence-corrected chi connectivity index (χ3v) is 6.31. The van der Waals surface area contributed by atoms with Crippen LogP contribution in [0.3, 0.4) is 0 Å². The van der Waals surface area contributed by atoms with Crippen molar-refractivity contribution in [3.8, 4) is 22.6 Å². The van der Waals surface area contributed by atoms with Crippen molar-refractivity contribution in [3.05, 3.63) is 82.1 Å². The van der Waals surface area contributed by atoms with Gasteiger partial charge in [0.25, 0.3) is 0 Å². The van der Waals surface area contributed by atoms with Crippen LogP contribution in [0.5, 0.6) is 11.5 Å². The lowest BCUT2D eigenvalue weighted by molar-refractivity contribution is 0.111. The van der Waals surface area contributed by atoms with Gasteiger partial charge in [0, 0.05) is 11.6 Å². The molecule has 1 fully saturated rings. The van der Waals surface area contributed by atoms with Gasteiger partial charge in [-0.25, -0.2) is 4.39 Å². The Morgan fingerprint density at radius 3 is 2.58 bits per heavy atom. The first kappa shape index (κ1) is 20.1. The molecule has 0 aliphatic heterocycles. The standard InChI is InChI=1S/C26H22ClFO3/c27-22-12-17(14-29)25(30-15-16-8-9-16)13-26(22)31-24-11-10-19-18(5-3-6-21(19)24)20-4-1-2-7-23(20)28/h1-7,12-14,16,24H,8-11,15H2/t24-/m0/s1. The molecule has 0 aromatic heterocycles. The zero-order valence-electron chi connectivity index (χ0n) is 16.9. The van der Waals surface area contributed by atoms with Gasteiger partial charge in [0.2, 0.25) is 0 Å². The van der Waals surface area contributed by atoms with Crippen molar-refractivity contribution in [3.63, 3.8) is 0 Å². The van der Waals surface area contributed by atoms with Crippen molar-refractivity contribution >= 4 is 17.9 Å². The minimum absolute atomic E-state index is 0.197. The molecule has 3 nitrogen and oxygen atoms in total. The normalized spacial score (nSPS) is 17.3. The Morgan fingerprint density at radius 2 is 1.81 bits per heavy atom. The summed E-state index contributed by atoms with van der Waals surface area (Å²) in [5, 5.41) is 0.375. The number of aldehydes is 1. The van der Waals surface area contributed by atoms with E-state index in [0.717, 1.165) is 48.7 Å². The molecule has 0 unspecified atom stereocenters. The Morgan fingerprint density at radius 1 is 1.00 bits per heavy atom. The van der Waals surface area contributed by atoms with Crippen molar-refractivity contribution in [2.24, 2.45) is 5.92 Å². The summed E-state index contributed by atoms with van der Waals surface area (Å²) in [7, 11) is 0. The Labute approximate surface area is 185 Å². The lowest BCUT2D eigenvalue weighted by Crippen LogP contribution is -2.06. The number of carbonyl (C=O) groups excluding carboxylic acids is 1. The topological polar surface area (TPSA) is 35.5 Å². The maximum Gasteiger partial charge on any atom is 0.153 e. The Balaban J connectivity index is 1.44. The van der Waals surface area contributed by atoms with E-state index in [0.29, 0.717) is 40.2 Å². The first-order valence-electron chi connectivity index (χ1n) is 10.6. The van der Waals surface area contributed by atoms with E-state index in [2.05, 4.69) is 0 Å². The van der Waals surface area contributed by atoms with Gasteiger partial charge in [-0.15, -0.1) is 0 Å². The molecule has 3 aromatic carbocycles. The highest BCUT2D eigenvalue weighted by molar-refractivity contribution is 6.32. The Hall–Kier alpha value is -2.85. The van der Waals surface area contributed by atoms with Gasteiger partial charge < -0.3 is 9.47 Å². The molecule has 5 heteroatoms. The average Bonchev–Trinajstić information content (AvgIpc) is 3.53. The highest BCUT2D eigenvalue weighted by atomic mass is 35.5. The summed E-state index contributed by atoms with van der Waals surface area (Å²) < 4.78 is 26.6. The molecule has 158 valence electrons. The van der Waals surface area contributed by atoms with E-state index in [1.807, 2.05) is 24.3 Å². The van der Waals surface area contributed by atoms with E-state index < -0.39 is 0 Å². The van der Waals surface area contributed by atoms with Gasteiger partial charge >= 0.3 is 0 Å². The molecule has 0 radical (unpaired) electrons. The lowest BCUT2D eigenvalue weighted by Gasteiger charge is -2.18. The molecule has 0 amide bonds. The first-order chi connectivity index (χ1) is 15.1. The van der Waals surface area contributed by atoms with E-state index in [1.165, 1.54) is 6.07 Å². The van der Waals surface area contributed by atoms with E-state index >= 15 is 0 Å². The van der Waals surface area contributed by atoms with Crippen molar-refractivity contribution in [2.45, 2.75) is 31.8 Å². The highest BCUT2D eigenvalue weighted by Gasteiger charge is 2.28. The molecule has 2 aliphatic carbocycles. The minimum atomic E-state index is -0.231. The lowest BCUT2D eigenvalue weighted by atomic mass is 9.96. The zero-order chi connectivity index (χ0) is 21.4. The summed E-state index contributed by atoms with van der Waals surface area (Å²) in [6.45, 7) is 0.597. The SMILES string of the molecule is O=Cc1cc(Cl)c(O[C@H]2CCc3c(-c4ccccc4F)cccc32)cc1OCC1CC1. The van der Waals surface area contributed by atoms with Crippen molar-refractivity contribution in [1.29, 1.82) is 0 Å². The van der Waals surface area contributed by atoms with Crippen LogP contribution in [-0.2, 0) is 6.42 Å². The Kier molecular flexibility index (Phi) is 5.41. The predicted octanol–water partition coefficient (Wildman–Crippen LogP) is 6.81. The van der Waals surface area contributed by atoms with Crippen LogP contribution in [0.4, 0.5) is 4.39 Å². The molecule has 5 rings (SSSR count). The second kappa shape index (κ2) is 8.35. The summed E-state index contributed by atoms with van der Waals surface area (Å²) in [6, 6.07) is 16.0. The molecule has 1 atom stereocenters. The molecule has 2 aliphatic rings. The molecule has 3 aromatic rings. The van der Waals surface area contributed by atoms with E-state index in [4.69, 9.17) is 21.1 Å². The third kappa shape index (κ3) is 4.05. The molecular formula is C26H22ClFO3. The fourth-order valence-electron chi connectivity index (χ4n) is 4.17. The van der Waals surface area contributed by atoms with Gasteiger partial charge in [0.15, 0.2) is 6.29 Å². The number of hydrogen-bond donors (Lipinski definition) is 0. The maximum absolute atomic E-state index is 14.4. The molecule has 0 N–H and O–H groups in total. The van der Waals surface area contributed by atoms with E-state index in [1.54, 1.807) is 24.3 Å². The fourth-order valence-corrected chi connectivity index (χ4v) is 4.39. The molecule has 0 spiro atoms. The van der Waals surface area contributed by atoms with Crippen LogP contribution in [0, 0.1) is 11.7 Å². The summed E-state index contributed by atoms with van der Waals surface area (Å²) in [5.41, 5.74) is 4.06. The van der Waals surface area contributed by atoms with Crippen molar-refractivity contribution in [1.82, 2.24) is 0 Å². The van der Waals surface area contributed by atoms with Crippen molar-refractivity contribution < 1.29 is 18.7 Å². The molecule has 1 saturated carbocycles. The van der Waals surface area contributed by atoms with Crippen LogP contribution < -0.4 is 9.47 Å². The second-order valence-electron chi connectivity index (χ2n) is 8.19. The smallest absolute Gasteiger partial charge is 0.153 e. The maximum atomic E-state index is 14.4. The van der Waals surface area contributed by atoms with Crippen LogP contribution in [0.15, 0.2) is 54.6 Å². The van der Waals surface area contributed by atoms with E-state index in [-0.39, 0.29) is 11.9 Å². The molecule has 0 bridgehead atoms. The highest BCUT2D eigenvalue weighted by Crippen LogP contribution is 2.43. The number of fused-ring (bicyclic) bond motifs is 1. The van der Waals surface area contributed by atoms with Gasteiger partial charge in [-0.3, -0.25) is 4.79 Å². The summed E-state index contributed by atoms with van der Waals surface area (Å²) >= 11 is 6.42. The number of ether oxygens (including phenoxy) is 2. The first-order valence-corrected chi connectivity index (χ1v) is 11.0. The molecule has 0 heterocycles. The van der Waals surface area contributed by atoms with Gasteiger partial charge in [-0.2, -0.15) is 0 Å². The molecule has 0 saturated heterocycles. The number of carbonyl (C=O) groups is 1. The molecular weight excluding hydrogens is 415 g/mol. The monoisotopic (exact) mass is 436 g/mol.